The molecule has 0 aliphatic carbocycles. The highest BCUT2D eigenvalue weighted by Crippen LogP contribution is 2.08. The molecule has 3 nitrogen and oxygen atoms in total. The van der Waals surface area contributed by atoms with Crippen LogP contribution < -0.4 is 5.32 Å². The molecule has 0 spiro atoms. The third-order valence-corrected chi connectivity index (χ3v) is 3.16. The van der Waals surface area contributed by atoms with E-state index in [4.69, 9.17) is 0 Å². The first-order chi connectivity index (χ1) is 8.83. The molecule has 0 unspecified atom stereocenters. The van der Waals surface area contributed by atoms with Crippen molar-refractivity contribution in [2.24, 2.45) is 0 Å². The van der Waals surface area contributed by atoms with E-state index in [9.17, 15) is 4.79 Å². The van der Waals surface area contributed by atoms with Gasteiger partial charge in [-0.15, -0.1) is 0 Å². The molecule has 0 aliphatic rings. The lowest BCUT2D eigenvalue weighted by atomic mass is 10.1. The Kier molecular flexibility index (Phi) is 8.02. The lowest BCUT2D eigenvalue weighted by molar-refractivity contribution is -0.121. The highest BCUT2D eigenvalue weighted by molar-refractivity contribution is 5.75. The number of rotatable bonds is 10. The Morgan fingerprint density at radius 3 is 2.56 bits per heavy atom. The Labute approximate surface area is 110 Å². The molecule has 0 fully saturated rings. The average Bonchev–Trinajstić information content (AvgIpc) is 2.88. The van der Waals surface area contributed by atoms with Crippen LogP contribution in [0, 0.1) is 0 Å². The molecular weight excluding hydrogens is 224 g/mol. The van der Waals surface area contributed by atoms with Crippen molar-refractivity contribution < 1.29 is 4.79 Å². The number of H-pyrrole nitrogens is 1. The molecule has 0 atom stereocenters. The first-order valence-electron chi connectivity index (χ1n) is 7.21. The molecule has 1 heterocycles. The summed E-state index contributed by atoms with van der Waals surface area (Å²) >= 11 is 0. The largest absolute Gasteiger partial charge is 0.367 e. The van der Waals surface area contributed by atoms with Crippen molar-refractivity contribution in [2.45, 2.75) is 64.8 Å². The quantitative estimate of drug-likeness (QED) is 0.610. The summed E-state index contributed by atoms with van der Waals surface area (Å²) in [6.07, 6.45) is 13.2. The minimum Gasteiger partial charge on any atom is -0.367 e. The standard InChI is InChI=1S/C15H26N2O/c1-2-3-4-5-6-7-8-9-15(18)17-13-14-10-11-16-12-14/h10-12,16H,2-9,13H2,1H3,(H,17,18). The van der Waals surface area contributed by atoms with Crippen LogP contribution in [0.3, 0.4) is 0 Å². The van der Waals surface area contributed by atoms with Crippen molar-refractivity contribution in [3.8, 4) is 0 Å². The maximum absolute atomic E-state index is 11.6. The molecule has 1 rings (SSSR count). The molecule has 0 bridgehead atoms. The lowest BCUT2D eigenvalue weighted by Gasteiger charge is -2.04. The van der Waals surface area contributed by atoms with Gasteiger partial charge in [-0.25, -0.2) is 0 Å². The molecule has 18 heavy (non-hydrogen) atoms. The second-order valence-corrected chi connectivity index (χ2v) is 4.87. The van der Waals surface area contributed by atoms with E-state index in [-0.39, 0.29) is 5.91 Å². The maximum Gasteiger partial charge on any atom is 0.220 e. The summed E-state index contributed by atoms with van der Waals surface area (Å²) in [6, 6.07) is 1.98. The van der Waals surface area contributed by atoms with Gasteiger partial charge in [0.1, 0.15) is 0 Å². The van der Waals surface area contributed by atoms with E-state index in [2.05, 4.69) is 17.2 Å². The average molecular weight is 250 g/mol. The predicted octanol–water partition coefficient (Wildman–Crippen LogP) is 3.77. The minimum absolute atomic E-state index is 0.171. The molecule has 0 radical (unpaired) electrons. The zero-order valence-electron chi connectivity index (χ0n) is 11.5. The van der Waals surface area contributed by atoms with Gasteiger partial charge in [-0.05, 0) is 18.1 Å². The van der Waals surface area contributed by atoms with E-state index in [1.54, 1.807) is 0 Å². The number of amides is 1. The Balaban J connectivity index is 1.90. The van der Waals surface area contributed by atoms with Crippen molar-refractivity contribution in [1.29, 1.82) is 0 Å². The van der Waals surface area contributed by atoms with Crippen molar-refractivity contribution >= 4 is 5.91 Å². The van der Waals surface area contributed by atoms with Gasteiger partial charge < -0.3 is 10.3 Å². The van der Waals surface area contributed by atoms with Crippen LogP contribution in [0.1, 0.15) is 63.9 Å². The molecule has 1 aromatic rings. The zero-order valence-corrected chi connectivity index (χ0v) is 11.5. The van der Waals surface area contributed by atoms with Crippen LogP contribution in [0.2, 0.25) is 0 Å². The summed E-state index contributed by atoms with van der Waals surface area (Å²) in [5.41, 5.74) is 1.13. The van der Waals surface area contributed by atoms with Crippen molar-refractivity contribution in [3.63, 3.8) is 0 Å². The summed E-state index contributed by atoms with van der Waals surface area (Å²) in [4.78, 5) is 14.5. The van der Waals surface area contributed by atoms with Crippen LogP contribution in [0.4, 0.5) is 0 Å². The summed E-state index contributed by atoms with van der Waals surface area (Å²) in [7, 11) is 0. The normalized spacial score (nSPS) is 10.5. The smallest absolute Gasteiger partial charge is 0.220 e. The number of carbonyl (C=O) groups excluding carboxylic acids is 1. The molecule has 1 aromatic heterocycles. The van der Waals surface area contributed by atoms with Gasteiger partial charge >= 0.3 is 0 Å². The molecule has 0 saturated carbocycles. The molecule has 0 aliphatic heterocycles. The molecule has 1 amide bonds. The number of carbonyl (C=O) groups is 1. The monoisotopic (exact) mass is 250 g/mol. The number of unbranched alkanes of at least 4 members (excludes halogenated alkanes) is 6. The third-order valence-electron chi connectivity index (χ3n) is 3.16. The fourth-order valence-corrected chi connectivity index (χ4v) is 2.00. The predicted molar refractivity (Wildman–Crippen MR) is 75.2 cm³/mol. The van der Waals surface area contributed by atoms with Crippen LogP contribution in [0.5, 0.6) is 0 Å². The molecule has 0 aromatic carbocycles. The summed E-state index contributed by atoms with van der Waals surface area (Å²) in [6.45, 7) is 2.87. The van der Waals surface area contributed by atoms with Crippen LogP contribution in [-0.4, -0.2) is 10.9 Å². The van der Waals surface area contributed by atoms with Gasteiger partial charge in [-0.2, -0.15) is 0 Å². The fraction of sp³-hybridized carbons (Fsp3) is 0.667. The topological polar surface area (TPSA) is 44.9 Å². The second kappa shape index (κ2) is 9.75. The summed E-state index contributed by atoms with van der Waals surface area (Å²) in [5.74, 6) is 0.171. The van der Waals surface area contributed by atoms with Crippen molar-refractivity contribution in [2.75, 3.05) is 0 Å². The van der Waals surface area contributed by atoms with Crippen LogP contribution >= 0.6 is 0 Å². The molecule has 3 heteroatoms. The summed E-state index contributed by atoms with van der Waals surface area (Å²) < 4.78 is 0. The second-order valence-electron chi connectivity index (χ2n) is 4.87. The van der Waals surface area contributed by atoms with Crippen LogP contribution in [0.15, 0.2) is 18.5 Å². The van der Waals surface area contributed by atoms with Crippen molar-refractivity contribution in [3.05, 3.63) is 24.0 Å². The number of hydrogen-bond donors (Lipinski definition) is 2. The molecular formula is C15H26N2O. The number of hydrogen-bond acceptors (Lipinski definition) is 1. The minimum atomic E-state index is 0.171. The number of aromatic nitrogens is 1. The molecule has 2 N–H and O–H groups in total. The van der Waals surface area contributed by atoms with E-state index in [1.807, 2.05) is 18.5 Å². The van der Waals surface area contributed by atoms with Crippen LogP contribution in [-0.2, 0) is 11.3 Å². The van der Waals surface area contributed by atoms with Gasteiger partial charge in [0.05, 0.1) is 0 Å². The Morgan fingerprint density at radius 2 is 1.89 bits per heavy atom. The Bertz CT molecular complexity index is 306. The third kappa shape index (κ3) is 7.15. The van der Waals surface area contributed by atoms with Gasteiger partial charge in [0.15, 0.2) is 0 Å². The van der Waals surface area contributed by atoms with Crippen LogP contribution in [0.25, 0.3) is 0 Å². The van der Waals surface area contributed by atoms with Gasteiger partial charge in [-0.1, -0.05) is 45.4 Å². The zero-order chi connectivity index (χ0) is 13.1. The van der Waals surface area contributed by atoms with E-state index in [0.29, 0.717) is 13.0 Å². The van der Waals surface area contributed by atoms with Gasteiger partial charge in [0.25, 0.3) is 0 Å². The Hall–Kier alpha value is -1.25. The fourth-order valence-electron chi connectivity index (χ4n) is 2.00. The summed E-state index contributed by atoms with van der Waals surface area (Å²) in [5, 5.41) is 2.94. The Morgan fingerprint density at radius 1 is 1.17 bits per heavy atom. The molecule has 0 saturated heterocycles. The van der Waals surface area contributed by atoms with E-state index in [1.165, 1.54) is 38.5 Å². The molecule has 102 valence electrons. The van der Waals surface area contributed by atoms with E-state index < -0.39 is 0 Å². The van der Waals surface area contributed by atoms with Gasteiger partial charge in [0.2, 0.25) is 5.91 Å². The highest BCUT2D eigenvalue weighted by atomic mass is 16.1. The van der Waals surface area contributed by atoms with Gasteiger partial charge in [0, 0.05) is 25.4 Å². The van der Waals surface area contributed by atoms with E-state index in [0.717, 1.165) is 12.0 Å². The van der Waals surface area contributed by atoms with Gasteiger partial charge in [-0.3, -0.25) is 4.79 Å². The SMILES string of the molecule is CCCCCCCCCC(=O)NCc1cc[nH]c1. The first kappa shape index (κ1) is 14.8. The van der Waals surface area contributed by atoms with Crippen molar-refractivity contribution in [1.82, 2.24) is 10.3 Å². The number of nitrogens with one attached hydrogen (secondary N) is 2. The number of aromatic amines is 1. The lowest BCUT2D eigenvalue weighted by Crippen LogP contribution is -2.21. The first-order valence-corrected chi connectivity index (χ1v) is 7.21. The highest BCUT2D eigenvalue weighted by Gasteiger charge is 2.01. The van der Waals surface area contributed by atoms with E-state index >= 15 is 0 Å². The maximum atomic E-state index is 11.6.